The Morgan fingerprint density at radius 2 is 1.89 bits per heavy atom. The maximum atomic E-state index is 15.0. The number of anilines is 3. The van der Waals surface area contributed by atoms with Gasteiger partial charge in [-0.1, -0.05) is 11.3 Å². The summed E-state index contributed by atoms with van der Waals surface area (Å²) in [5.41, 5.74) is 0.754. The van der Waals surface area contributed by atoms with E-state index in [9.17, 15) is 32.9 Å². The molecular formula is C21H22F3N5O5S. The van der Waals surface area contributed by atoms with Crippen LogP contribution in [0.5, 0.6) is 0 Å². The summed E-state index contributed by atoms with van der Waals surface area (Å²) in [4.78, 5) is 38.2. The molecule has 0 bridgehead atoms. The molecule has 2 aliphatic rings. The number of nitro groups is 1. The van der Waals surface area contributed by atoms with Crippen molar-refractivity contribution >= 4 is 45.4 Å². The van der Waals surface area contributed by atoms with Gasteiger partial charge < -0.3 is 19.9 Å². The second-order valence-electron chi connectivity index (χ2n) is 8.06. The molecule has 35 heavy (non-hydrogen) atoms. The first-order valence-electron chi connectivity index (χ1n) is 10.7. The molecule has 0 spiro atoms. The number of rotatable bonds is 7. The second-order valence-corrected chi connectivity index (χ2v) is 9.12. The van der Waals surface area contributed by atoms with E-state index in [1.807, 2.05) is 0 Å². The maximum absolute atomic E-state index is 15.0. The molecule has 0 radical (unpaired) electrons. The number of ether oxygens (including phenoxy) is 1. The molecule has 188 valence electrons. The van der Waals surface area contributed by atoms with Crippen LogP contribution in [0.2, 0.25) is 0 Å². The van der Waals surface area contributed by atoms with Crippen LogP contribution in [0.25, 0.3) is 0 Å². The van der Waals surface area contributed by atoms with E-state index in [-0.39, 0.29) is 47.7 Å². The Hall–Kier alpha value is -3.55. The van der Waals surface area contributed by atoms with Gasteiger partial charge in [0, 0.05) is 33.1 Å². The lowest BCUT2D eigenvalue weighted by atomic mass is 10.2. The molecule has 2 fully saturated rings. The largest absolute Gasteiger partial charge is 0.442 e. The Balaban J connectivity index is 1.42. The van der Waals surface area contributed by atoms with Crippen molar-refractivity contribution in [2.24, 2.45) is 0 Å². The topological polar surface area (TPSA) is 108 Å². The zero-order valence-corrected chi connectivity index (χ0v) is 19.4. The maximum Gasteiger partial charge on any atom is 0.414 e. The third kappa shape index (κ3) is 5.26. The molecule has 0 aliphatic carbocycles. The van der Waals surface area contributed by atoms with Crippen LogP contribution in [0.4, 0.5) is 40.0 Å². The number of carbonyl (C=O) groups is 2. The number of nitrogens with one attached hydrogen (secondary N) is 1. The molecule has 10 nitrogen and oxygen atoms in total. The Morgan fingerprint density at radius 1 is 1.23 bits per heavy atom. The van der Waals surface area contributed by atoms with Crippen LogP contribution in [-0.2, 0) is 9.53 Å². The summed E-state index contributed by atoms with van der Waals surface area (Å²) < 4.78 is 46.3. The quantitative estimate of drug-likeness (QED) is 0.446. The standard InChI is InChI=1S/C21H22F3N5O5S/c1-12(30)25-10-14-11-28(21(31)34-14)13-2-3-16(15(22)8-13)26-4-6-27(7-5-26)17-9-18(19(23)24)35-20(17)29(32)33/h2-3,8-9,14,19H,4-7,10-11H2,1H3,(H,25,30)/t14-/m0/s1. The van der Waals surface area contributed by atoms with Gasteiger partial charge in [-0.05, 0) is 24.3 Å². The summed E-state index contributed by atoms with van der Waals surface area (Å²) in [6, 6.07) is 5.50. The third-order valence-electron chi connectivity index (χ3n) is 5.75. The number of benzene rings is 1. The number of alkyl halides is 2. The highest BCUT2D eigenvalue weighted by Gasteiger charge is 2.33. The molecule has 2 amide bonds. The van der Waals surface area contributed by atoms with Crippen LogP contribution in [0.3, 0.4) is 0 Å². The molecule has 2 aromatic rings. The first kappa shape index (κ1) is 24.6. The van der Waals surface area contributed by atoms with Crippen LogP contribution in [0.15, 0.2) is 24.3 Å². The molecule has 1 aromatic carbocycles. The molecular weight excluding hydrogens is 491 g/mol. The molecule has 2 aliphatic heterocycles. The predicted octanol–water partition coefficient (Wildman–Crippen LogP) is 3.52. The third-order valence-corrected chi connectivity index (χ3v) is 6.83. The first-order chi connectivity index (χ1) is 16.6. The zero-order chi connectivity index (χ0) is 25.3. The van der Waals surface area contributed by atoms with Crippen molar-refractivity contribution in [2.45, 2.75) is 19.5 Å². The Labute approximate surface area is 202 Å². The lowest BCUT2D eigenvalue weighted by Crippen LogP contribution is -2.46. The highest BCUT2D eigenvalue weighted by atomic mass is 32.1. The fourth-order valence-corrected chi connectivity index (χ4v) is 4.91. The number of halogens is 3. The highest BCUT2D eigenvalue weighted by molar-refractivity contribution is 7.16. The van der Waals surface area contributed by atoms with Gasteiger partial charge in [0.2, 0.25) is 5.91 Å². The number of hydrogen-bond donors (Lipinski definition) is 1. The number of thiophene rings is 1. The number of amides is 2. The SMILES string of the molecule is CC(=O)NC[C@H]1CN(c2ccc(N3CCN(c4cc(C(F)F)sc4[N+](=O)[O-])CC3)c(F)c2)C(=O)O1. The van der Waals surface area contributed by atoms with Crippen molar-refractivity contribution in [3.63, 3.8) is 0 Å². The Bertz CT molecular complexity index is 1140. The fraction of sp³-hybridized carbons (Fsp3) is 0.429. The van der Waals surface area contributed by atoms with E-state index in [0.717, 1.165) is 6.07 Å². The number of carbonyl (C=O) groups excluding carboxylic acids is 2. The van der Waals surface area contributed by atoms with Crippen molar-refractivity contribution in [3.8, 4) is 0 Å². The van der Waals surface area contributed by atoms with E-state index in [1.54, 1.807) is 15.9 Å². The van der Waals surface area contributed by atoms with Crippen LogP contribution >= 0.6 is 11.3 Å². The summed E-state index contributed by atoms with van der Waals surface area (Å²) in [6.45, 7) is 2.87. The highest BCUT2D eigenvalue weighted by Crippen LogP contribution is 2.42. The van der Waals surface area contributed by atoms with Crippen molar-refractivity contribution in [1.82, 2.24) is 5.32 Å². The number of cyclic esters (lactones) is 1. The van der Waals surface area contributed by atoms with Gasteiger partial charge in [-0.15, -0.1) is 0 Å². The molecule has 14 heteroatoms. The van der Waals surface area contributed by atoms with E-state index >= 15 is 0 Å². The van der Waals surface area contributed by atoms with Crippen LogP contribution < -0.4 is 20.0 Å². The van der Waals surface area contributed by atoms with Gasteiger partial charge in [-0.25, -0.2) is 18.0 Å². The Kier molecular flexibility index (Phi) is 7.00. The lowest BCUT2D eigenvalue weighted by Gasteiger charge is -2.36. The summed E-state index contributed by atoms with van der Waals surface area (Å²) in [7, 11) is 0. The summed E-state index contributed by atoms with van der Waals surface area (Å²) in [5, 5.41) is 13.5. The molecule has 4 rings (SSSR count). The number of hydrogen-bond acceptors (Lipinski definition) is 8. The van der Waals surface area contributed by atoms with Crippen molar-refractivity contribution in [2.75, 3.05) is 54.0 Å². The minimum absolute atomic E-state index is 0.145. The molecule has 1 atom stereocenters. The molecule has 3 heterocycles. The summed E-state index contributed by atoms with van der Waals surface area (Å²) >= 11 is 0.460. The zero-order valence-electron chi connectivity index (χ0n) is 18.6. The minimum atomic E-state index is -2.80. The van der Waals surface area contributed by atoms with Gasteiger partial charge in [0.25, 0.3) is 6.43 Å². The van der Waals surface area contributed by atoms with Gasteiger partial charge in [0.1, 0.15) is 17.6 Å². The lowest BCUT2D eigenvalue weighted by molar-refractivity contribution is -0.379. The molecule has 0 saturated carbocycles. The van der Waals surface area contributed by atoms with Gasteiger partial charge in [-0.2, -0.15) is 0 Å². The monoisotopic (exact) mass is 513 g/mol. The predicted molar refractivity (Wildman–Crippen MR) is 123 cm³/mol. The van der Waals surface area contributed by atoms with Crippen LogP contribution in [-0.4, -0.2) is 62.3 Å². The average molecular weight is 513 g/mol. The van der Waals surface area contributed by atoms with Crippen LogP contribution in [0, 0.1) is 15.9 Å². The van der Waals surface area contributed by atoms with Gasteiger partial charge in [0.15, 0.2) is 0 Å². The normalized spacial score (nSPS) is 18.3. The van der Waals surface area contributed by atoms with E-state index in [0.29, 0.717) is 35.8 Å². The van der Waals surface area contributed by atoms with Crippen LogP contribution in [0.1, 0.15) is 18.2 Å². The molecule has 1 aromatic heterocycles. The summed E-state index contributed by atoms with van der Waals surface area (Å²) in [5.74, 6) is -0.811. The smallest absolute Gasteiger partial charge is 0.414 e. The average Bonchev–Trinajstić information content (AvgIpc) is 3.42. The Morgan fingerprint density at radius 3 is 2.46 bits per heavy atom. The number of nitrogens with zero attached hydrogens (tertiary/aromatic N) is 4. The molecule has 0 unspecified atom stereocenters. The van der Waals surface area contributed by atoms with Gasteiger partial charge in [0.05, 0.1) is 34.3 Å². The fourth-order valence-electron chi connectivity index (χ4n) is 4.06. The molecule has 2 saturated heterocycles. The van der Waals surface area contributed by atoms with Gasteiger partial charge in [-0.3, -0.25) is 19.8 Å². The van der Waals surface area contributed by atoms with E-state index < -0.39 is 29.4 Å². The van der Waals surface area contributed by atoms with Crippen molar-refractivity contribution in [3.05, 3.63) is 45.1 Å². The van der Waals surface area contributed by atoms with Crippen molar-refractivity contribution < 1.29 is 32.4 Å². The van der Waals surface area contributed by atoms with E-state index in [2.05, 4.69) is 5.32 Å². The minimum Gasteiger partial charge on any atom is -0.442 e. The second kappa shape index (κ2) is 9.98. The van der Waals surface area contributed by atoms with E-state index in [4.69, 9.17) is 4.74 Å². The number of piperazine rings is 1. The summed E-state index contributed by atoms with van der Waals surface area (Å²) in [6.07, 6.45) is -3.98. The van der Waals surface area contributed by atoms with E-state index in [1.165, 1.54) is 24.0 Å². The first-order valence-corrected chi connectivity index (χ1v) is 11.5. The molecule has 1 N–H and O–H groups in total. The van der Waals surface area contributed by atoms with Crippen molar-refractivity contribution in [1.29, 1.82) is 0 Å². The van der Waals surface area contributed by atoms with Gasteiger partial charge >= 0.3 is 11.1 Å².